The number of sulfonamides is 1. The molecule has 4 aromatic rings. The van der Waals surface area contributed by atoms with Crippen molar-refractivity contribution in [3.63, 3.8) is 0 Å². The van der Waals surface area contributed by atoms with Gasteiger partial charge in [0.2, 0.25) is 10.0 Å². The molecule has 1 aliphatic rings. The summed E-state index contributed by atoms with van der Waals surface area (Å²) in [6, 6.07) is 19.7. The predicted octanol–water partition coefficient (Wildman–Crippen LogP) is 5.21. The van der Waals surface area contributed by atoms with Gasteiger partial charge in [-0.2, -0.15) is 4.31 Å². The molecular weight excluding hydrogens is 484 g/mol. The third kappa shape index (κ3) is 5.26. The van der Waals surface area contributed by atoms with Gasteiger partial charge in [0.1, 0.15) is 0 Å². The zero-order valence-electron chi connectivity index (χ0n) is 21.0. The number of hydrogen-bond acceptors (Lipinski definition) is 5. The molecular formula is C29H30N4O3S. The minimum Gasteiger partial charge on any atom is -0.345 e. The average molecular weight is 515 g/mol. The molecule has 190 valence electrons. The fraction of sp³-hybridized carbons (Fsp3) is 0.276. The molecule has 0 radical (unpaired) electrons. The fourth-order valence-electron chi connectivity index (χ4n) is 4.69. The lowest BCUT2D eigenvalue weighted by Gasteiger charge is -2.29. The summed E-state index contributed by atoms with van der Waals surface area (Å²) in [5.41, 5.74) is 3.26. The van der Waals surface area contributed by atoms with Crippen LogP contribution in [-0.2, 0) is 10.0 Å². The second-order valence-corrected chi connectivity index (χ2v) is 11.6. The highest BCUT2D eigenvalue weighted by Gasteiger charge is 2.29. The van der Waals surface area contributed by atoms with E-state index in [0.29, 0.717) is 41.2 Å². The SMILES string of the molecule is CC1CCN(S(=O)(=O)c2ccc3nc(-c4cccnc4)cc(C(=O)NC(C)c4ccccc4)c3c2)CC1. The number of hydrogen-bond donors (Lipinski definition) is 1. The number of pyridine rings is 2. The van der Waals surface area contributed by atoms with Crippen LogP contribution in [0.1, 0.15) is 48.7 Å². The Bertz CT molecular complexity index is 1520. The first-order valence-corrected chi connectivity index (χ1v) is 14.0. The maximum absolute atomic E-state index is 13.6. The van der Waals surface area contributed by atoms with Gasteiger partial charge < -0.3 is 5.32 Å². The Morgan fingerprint density at radius 1 is 1.03 bits per heavy atom. The van der Waals surface area contributed by atoms with Crippen LogP contribution in [0.4, 0.5) is 0 Å². The summed E-state index contributed by atoms with van der Waals surface area (Å²) in [6.07, 6.45) is 5.05. The maximum atomic E-state index is 13.6. The third-order valence-corrected chi connectivity index (χ3v) is 8.90. The zero-order valence-corrected chi connectivity index (χ0v) is 21.8. The van der Waals surface area contributed by atoms with Gasteiger partial charge in [-0.15, -0.1) is 0 Å². The highest BCUT2D eigenvalue weighted by Crippen LogP contribution is 2.30. The van der Waals surface area contributed by atoms with Crippen molar-refractivity contribution in [2.45, 2.75) is 37.6 Å². The highest BCUT2D eigenvalue weighted by molar-refractivity contribution is 7.89. The summed E-state index contributed by atoms with van der Waals surface area (Å²) in [6.45, 7) is 5.07. The van der Waals surface area contributed by atoms with Crippen molar-refractivity contribution in [2.24, 2.45) is 5.92 Å². The predicted molar refractivity (Wildman–Crippen MR) is 144 cm³/mol. The summed E-state index contributed by atoms with van der Waals surface area (Å²) in [7, 11) is -3.68. The maximum Gasteiger partial charge on any atom is 0.252 e. The van der Waals surface area contributed by atoms with E-state index in [2.05, 4.69) is 17.2 Å². The molecule has 7 nitrogen and oxygen atoms in total. The first-order chi connectivity index (χ1) is 17.8. The molecule has 2 aromatic heterocycles. The van der Waals surface area contributed by atoms with E-state index in [9.17, 15) is 13.2 Å². The molecule has 5 rings (SSSR count). The molecule has 0 bridgehead atoms. The number of fused-ring (bicyclic) bond motifs is 1. The van der Waals surface area contributed by atoms with Crippen LogP contribution in [0.2, 0.25) is 0 Å². The second kappa shape index (κ2) is 10.4. The molecule has 1 saturated heterocycles. The molecule has 1 amide bonds. The van der Waals surface area contributed by atoms with Gasteiger partial charge in [-0.25, -0.2) is 13.4 Å². The molecule has 2 aromatic carbocycles. The normalized spacial score (nSPS) is 15.9. The molecule has 1 atom stereocenters. The lowest BCUT2D eigenvalue weighted by molar-refractivity contribution is 0.0941. The number of aromatic nitrogens is 2. The largest absolute Gasteiger partial charge is 0.345 e. The minimum atomic E-state index is -3.68. The van der Waals surface area contributed by atoms with Crippen molar-refractivity contribution in [1.29, 1.82) is 0 Å². The summed E-state index contributed by atoms with van der Waals surface area (Å²) in [5.74, 6) is 0.218. The lowest BCUT2D eigenvalue weighted by atomic mass is 10.0. The monoisotopic (exact) mass is 514 g/mol. The number of nitrogens with one attached hydrogen (secondary N) is 1. The van der Waals surface area contributed by atoms with Crippen LogP contribution in [-0.4, -0.2) is 41.7 Å². The topological polar surface area (TPSA) is 92.3 Å². The van der Waals surface area contributed by atoms with Crippen LogP contribution in [0.15, 0.2) is 84.0 Å². The number of rotatable bonds is 6. The molecule has 8 heteroatoms. The zero-order chi connectivity index (χ0) is 26.0. The number of carbonyl (C=O) groups is 1. The quantitative estimate of drug-likeness (QED) is 0.381. The van der Waals surface area contributed by atoms with Gasteiger partial charge in [0, 0.05) is 36.4 Å². The first-order valence-electron chi connectivity index (χ1n) is 12.5. The van der Waals surface area contributed by atoms with E-state index in [-0.39, 0.29) is 16.8 Å². The van der Waals surface area contributed by atoms with Gasteiger partial charge >= 0.3 is 0 Å². The van der Waals surface area contributed by atoms with Crippen molar-refractivity contribution in [3.8, 4) is 11.3 Å². The molecule has 0 saturated carbocycles. The summed E-state index contributed by atoms with van der Waals surface area (Å²) < 4.78 is 28.5. The lowest BCUT2D eigenvalue weighted by Crippen LogP contribution is -2.37. The molecule has 0 spiro atoms. The van der Waals surface area contributed by atoms with Crippen LogP contribution in [0.3, 0.4) is 0 Å². The Morgan fingerprint density at radius 3 is 2.49 bits per heavy atom. The molecule has 37 heavy (non-hydrogen) atoms. The van der Waals surface area contributed by atoms with Crippen molar-refractivity contribution in [2.75, 3.05) is 13.1 Å². The van der Waals surface area contributed by atoms with Gasteiger partial charge in [-0.05, 0) is 67.6 Å². The summed E-state index contributed by atoms with van der Waals surface area (Å²) in [4.78, 5) is 22.7. The third-order valence-electron chi connectivity index (χ3n) is 7.01. The Labute approximate surface area is 217 Å². The van der Waals surface area contributed by atoms with E-state index in [0.717, 1.165) is 24.0 Å². The number of carbonyl (C=O) groups excluding carboxylic acids is 1. The molecule has 0 aliphatic carbocycles. The van der Waals surface area contributed by atoms with E-state index in [4.69, 9.17) is 4.98 Å². The molecule has 1 unspecified atom stereocenters. The van der Waals surface area contributed by atoms with Gasteiger partial charge in [0.15, 0.2) is 0 Å². The van der Waals surface area contributed by atoms with E-state index in [1.807, 2.05) is 49.4 Å². The van der Waals surface area contributed by atoms with Gasteiger partial charge in [-0.1, -0.05) is 37.3 Å². The minimum absolute atomic E-state index is 0.177. The van der Waals surface area contributed by atoms with Crippen molar-refractivity contribution in [3.05, 3.63) is 90.3 Å². The Morgan fingerprint density at radius 2 is 1.78 bits per heavy atom. The number of piperidine rings is 1. The molecule has 1 N–H and O–H groups in total. The standard InChI is InChI=1S/C29H30N4O3S/c1-20-12-15-33(16-13-20)37(35,36)24-10-11-27-25(17-24)26(18-28(32-27)23-9-6-14-30-19-23)29(34)31-21(2)22-7-4-3-5-8-22/h3-11,14,17-21H,12-13,15-16H2,1-2H3,(H,31,34). The Balaban J connectivity index is 1.58. The second-order valence-electron chi connectivity index (χ2n) is 9.67. The molecule has 3 heterocycles. The van der Waals surface area contributed by atoms with Gasteiger partial charge in [0.05, 0.1) is 27.7 Å². The van der Waals surface area contributed by atoms with Crippen LogP contribution >= 0.6 is 0 Å². The van der Waals surface area contributed by atoms with Crippen molar-refractivity contribution in [1.82, 2.24) is 19.6 Å². The smallest absolute Gasteiger partial charge is 0.252 e. The fourth-order valence-corrected chi connectivity index (χ4v) is 6.19. The van der Waals surface area contributed by atoms with Crippen LogP contribution < -0.4 is 5.32 Å². The number of nitrogens with zero attached hydrogens (tertiary/aromatic N) is 3. The van der Waals surface area contributed by atoms with Crippen LogP contribution in [0.25, 0.3) is 22.2 Å². The van der Waals surface area contributed by atoms with Gasteiger partial charge in [0.25, 0.3) is 5.91 Å². The van der Waals surface area contributed by atoms with E-state index in [1.165, 1.54) is 0 Å². The van der Waals surface area contributed by atoms with Crippen molar-refractivity contribution >= 4 is 26.8 Å². The summed E-state index contributed by atoms with van der Waals surface area (Å²) >= 11 is 0. The highest BCUT2D eigenvalue weighted by atomic mass is 32.2. The van der Waals surface area contributed by atoms with E-state index >= 15 is 0 Å². The number of benzene rings is 2. The molecule has 1 fully saturated rings. The average Bonchev–Trinajstić information content (AvgIpc) is 2.93. The van der Waals surface area contributed by atoms with Crippen molar-refractivity contribution < 1.29 is 13.2 Å². The van der Waals surface area contributed by atoms with Crippen LogP contribution in [0.5, 0.6) is 0 Å². The van der Waals surface area contributed by atoms with E-state index < -0.39 is 10.0 Å². The number of amides is 1. The van der Waals surface area contributed by atoms with Crippen LogP contribution in [0, 0.1) is 5.92 Å². The Hall–Kier alpha value is -3.62. The Kier molecular flexibility index (Phi) is 7.04. The summed E-state index contributed by atoms with van der Waals surface area (Å²) in [5, 5.41) is 3.56. The molecule has 1 aliphatic heterocycles. The first kappa shape index (κ1) is 25.0. The van der Waals surface area contributed by atoms with Gasteiger partial charge in [-0.3, -0.25) is 9.78 Å². The van der Waals surface area contributed by atoms with E-state index in [1.54, 1.807) is 41.0 Å².